The van der Waals surface area contributed by atoms with E-state index in [1.807, 2.05) is 17.2 Å². The third-order valence-corrected chi connectivity index (χ3v) is 4.67. The van der Waals surface area contributed by atoms with E-state index in [1.165, 1.54) is 18.9 Å². The van der Waals surface area contributed by atoms with Crippen LogP contribution in [0.4, 0.5) is 0 Å². The highest BCUT2D eigenvalue weighted by Crippen LogP contribution is 2.22. The van der Waals surface area contributed by atoms with E-state index >= 15 is 0 Å². The van der Waals surface area contributed by atoms with Gasteiger partial charge in [0.1, 0.15) is 11.6 Å². The van der Waals surface area contributed by atoms with Crippen LogP contribution < -0.4 is 5.32 Å². The minimum atomic E-state index is -0.0917. The van der Waals surface area contributed by atoms with Crippen molar-refractivity contribution in [2.24, 2.45) is 5.92 Å². The fraction of sp³-hybridized carbons (Fsp3) is 0.562. The topological polar surface area (TPSA) is 71.5 Å². The number of amides is 2. The van der Waals surface area contributed by atoms with Crippen molar-refractivity contribution in [3.63, 3.8) is 0 Å². The minimum absolute atomic E-state index is 0.0457. The van der Waals surface area contributed by atoms with E-state index in [9.17, 15) is 9.59 Å². The molecule has 0 atom stereocenters. The summed E-state index contributed by atoms with van der Waals surface area (Å²) in [6.07, 6.45) is 5.42. The number of carbonyl (C=O) groups excluding carboxylic acids is 2. The molecule has 1 aromatic rings. The zero-order chi connectivity index (χ0) is 16.7. The van der Waals surface area contributed by atoms with E-state index in [2.05, 4.69) is 10.3 Å². The maximum absolute atomic E-state index is 12.6. The number of hydrogen-bond acceptors (Lipinski definition) is 5. The number of rotatable bonds is 6. The fourth-order valence-electron chi connectivity index (χ4n) is 2.67. The lowest BCUT2D eigenvalue weighted by atomic mass is 9.96. The van der Waals surface area contributed by atoms with Crippen LogP contribution in [0.25, 0.3) is 0 Å². The van der Waals surface area contributed by atoms with Gasteiger partial charge in [-0.05, 0) is 37.1 Å². The Morgan fingerprint density at radius 1 is 1.43 bits per heavy atom. The highest BCUT2D eigenvalue weighted by atomic mass is 32.2. The fourth-order valence-corrected chi connectivity index (χ4v) is 3.21. The minimum Gasteiger partial charge on any atom is -0.375 e. The van der Waals surface area contributed by atoms with Crippen LogP contribution in [0.5, 0.6) is 0 Å². The molecule has 1 N–H and O–H groups in total. The molecule has 0 spiro atoms. The Bertz CT molecular complexity index is 545. The molecule has 0 bridgehead atoms. The van der Waals surface area contributed by atoms with Gasteiger partial charge in [-0.25, -0.2) is 4.98 Å². The number of hydrogen-bond donors (Lipinski definition) is 1. The molecule has 1 fully saturated rings. The number of thioether (sulfide) groups is 1. The normalized spacial score (nSPS) is 15.5. The molecule has 126 valence electrons. The third-order valence-electron chi connectivity index (χ3n) is 3.96. The summed E-state index contributed by atoms with van der Waals surface area (Å²) in [5, 5.41) is 3.64. The summed E-state index contributed by atoms with van der Waals surface area (Å²) in [4.78, 5) is 30.2. The second-order valence-electron chi connectivity index (χ2n) is 5.53. The van der Waals surface area contributed by atoms with Gasteiger partial charge >= 0.3 is 0 Å². The second-order valence-corrected chi connectivity index (χ2v) is 6.33. The van der Waals surface area contributed by atoms with Gasteiger partial charge in [0.25, 0.3) is 5.91 Å². The maximum Gasteiger partial charge on any atom is 0.256 e. The van der Waals surface area contributed by atoms with Gasteiger partial charge in [0.2, 0.25) is 5.91 Å². The van der Waals surface area contributed by atoms with Crippen molar-refractivity contribution < 1.29 is 14.3 Å². The second kappa shape index (κ2) is 8.88. The van der Waals surface area contributed by atoms with E-state index in [0.717, 1.165) is 17.9 Å². The van der Waals surface area contributed by atoms with Crippen molar-refractivity contribution in [1.29, 1.82) is 0 Å². The first-order valence-corrected chi connectivity index (χ1v) is 8.92. The van der Waals surface area contributed by atoms with Crippen molar-refractivity contribution in [2.45, 2.75) is 17.9 Å². The van der Waals surface area contributed by atoms with Gasteiger partial charge in [-0.1, -0.05) is 0 Å². The molecule has 6 nitrogen and oxygen atoms in total. The van der Waals surface area contributed by atoms with E-state index in [0.29, 0.717) is 31.1 Å². The molecule has 1 saturated heterocycles. The summed E-state index contributed by atoms with van der Waals surface area (Å²) >= 11 is 1.49. The number of aromatic nitrogens is 1. The van der Waals surface area contributed by atoms with E-state index < -0.39 is 0 Å². The largest absolute Gasteiger partial charge is 0.375 e. The predicted molar refractivity (Wildman–Crippen MR) is 89.5 cm³/mol. The number of carbonyl (C=O) groups is 2. The first-order chi connectivity index (χ1) is 11.2. The van der Waals surface area contributed by atoms with Crippen molar-refractivity contribution >= 4 is 23.6 Å². The average Bonchev–Trinajstić information content (AvgIpc) is 2.60. The SMILES string of the molecule is COCC(=O)NCC1CCN(C(=O)c2cccnc2SC)CC1. The summed E-state index contributed by atoms with van der Waals surface area (Å²) in [6.45, 7) is 2.17. The molecule has 1 aromatic heterocycles. The molecule has 7 heteroatoms. The molecule has 0 aromatic carbocycles. The van der Waals surface area contributed by atoms with Crippen LogP contribution in [0.3, 0.4) is 0 Å². The summed E-state index contributed by atoms with van der Waals surface area (Å²) in [5.74, 6) is 0.365. The zero-order valence-corrected chi connectivity index (χ0v) is 14.4. The van der Waals surface area contributed by atoms with E-state index in [-0.39, 0.29) is 18.4 Å². The first-order valence-electron chi connectivity index (χ1n) is 7.69. The molecular formula is C16H23N3O3S. The van der Waals surface area contributed by atoms with E-state index in [4.69, 9.17) is 4.74 Å². The Morgan fingerprint density at radius 3 is 2.83 bits per heavy atom. The van der Waals surface area contributed by atoms with Gasteiger partial charge in [0, 0.05) is 32.9 Å². The van der Waals surface area contributed by atoms with Gasteiger partial charge in [0.15, 0.2) is 0 Å². The molecule has 23 heavy (non-hydrogen) atoms. The molecule has 2 amide bonds. The Labute approximate surface area is 141 Å². The molecule has 0 saturated carbocycles. The van der Waals surface area contributed by atoms with Gasteiger partial charge < -0.3 is 15.0 Å². The lowest BCUT2D eigenvalue weighted by Gasteiger charge is -2.32. The number of nitrogens with zero attached hydrogens (tertiary/aromatic N) is 2. The monoisotopic (exact) mass is 337 g/mol. The van der Waals surface area contributed by atoms with Crippen LogP contribution in [0.15, 0.2) is 23.4 Å². The first kappa shape index (κ1) is 17.7. The number of methoxy groups -OCH3 is 1. The summed E-state index contributed by atoms with van der Waals surface area (Å²) in [5.41, 5.74) is 0.673. The van der Waals surface area contributed by atoms with Crippen molar-refractivity contribution in [3.05, 3.63) is 23.9 Å². The van der Waals surface area contributed by atoms with Gasteiger partial charge in [-0.2, -0.15) is 0 Å². The molecule has 0 aliphatic carbocycles. The van der Waals surface area contributed by atoms with Crippen LogP contribution in [-0.4, -0.2) is 61.3 Å². The number of piperidine rings is 1. The molecule has 1 aliphatic rings. The Hall–Kier alpha value is -1.60. The van der Waals surface area contributed by atoms with Gasteiger partial charge in [-0.3, -0.25) is 9.59 Å². The quantitative estimate of drug-likeness (QED) is 0.795. The Kier molecular flexibility index (Phi) is 6.85. The van der Waals surface area contributed by atoms with Crippen LogP contribution in [0.2, 0.25) is 0 Å². The van der Waals surface area contributed by atoms with Gasteiger partial charge in [0.05, 0.1) is 5.56 Å². The third kappa shape index (κ3) is 4.94. The van der Waals surface area contributed by atoms with E-state index in [1.54, 1.807) is 12.3 Å². The Balaban J connectivity index is 1.84. The average molecular weight is 337 g/mol. The molecule has 2 rings (SSSR count). The molecule has 0 unspecified atom stereocenters. The standard InChI is InChI=1S/C16H23N3O3S/c1-22-11-14(20)18-10-12-5-8-19(9-6-12)16(21)13-4-3-7-17-15(13)23-2/h3-4,7,12H,5-6,8-11H2,1-2H3,(H,18,20). The molecule has 0 radical (unpaired) electrons. The smallest absolute Gasteiger partial charge is 0.256 e. The predicted octanol–water partition coefficient (Wildman–Crippen LogP) is 1.42. The highest BCUT2D eigenvalue weighted by Gasteiger charge is 2.25. The van der Waals surface area contributed by atoms with Crippen molar-refractivity contribution in [2.75, 3.05) is 39.6 Å². The van der Waals surface area contributed by atoms with Crippen LogP contribution in [0.1, 0.15) is 23.2 Å². The maximum atomic E-state index is 12.6. The summed E-state index contributed by atoms with van der Waals surface area (Å²) in [6, 6.07) is 3.63. The molecule has 1 aliphatic heterocycles. The number of ether oxygens (including phenoxy) is 1. The van der Waals surface area contributed by atoms with Crippen LogP contribution >= 0.6 is 11.8 Å². The van der Waals surface area contributed by atoms with Crippen molar-refractivity contribution in [3.8, 4) is 0 Å². The van der Waals surface area contributed by atoms with Crippen molar-refractivity contribution in [1.82, 2.24) is 15.2 Å². The van der Waals surface area contributed by atoms with Gasteiger partial charge in [-0.15, -0.1) is 11.8 Å². The zero-order valence-electron chi connectivity index (χ0n) is 13.6. The number of pyridine rings is 1. The van der Waals surface area contributed by atoms with Crippen LogP contribution in [-0.2, 0) is 9.53 Å². The summed E-state index contributed by atoms with van der Waals surface area (Å²) in [7, 11) is 1.50. The van der Waals surface area contributed by atoms with Crippen LogP contribution in [0, 0.1) is 5.92 Å². The lowest BCUT2D eigenvalue weighted by Crippen LogP contribution is -2.42. The molecular weight excluding hydrogens is 314 g/mol. The lowest BCUT2D eigenvalue weighted by molar-refractivity contribution is -0.125. The Morgan fingerprint density at radius 2 is 2.17 bits per heavy atom. The highest BCUT2D eigenvalue weighted by molar-refractivity contribution is 7.98. The summed E-state index contributed by atoms with van der Waals surface area (Å²) < 4.78 is 4.79. The molecule has 2 heterocycles. The number of likely N-dealkylation sites (tertiary alicyclic amines) is 1. The number of nitrogens with one attached hydrogen (secondary N) is 1.